The predicted octanol–water partition coefficient (Wildman–Crippen LogP) is -1.43. The maximum absolute atomic E-state index is 11.1. The van der Waals surface area contributed by atoms with Crippen molar-refractivity contribution in [3.63, 3.8) is 0 Å². The number of nitrogens with one attached hydrogen (secondary N) is 3. The van der Waals surface area contributed by atoms with Gasteiger partial charge in [0.2, 0.25) is 5.91 Å². The van der Waals surface area contributed by atoms with Gasteiger partial charge in [0.25, 0.3) is 10.2 Å². The van der Waals surface area contributed by atoms with Crippen LogP contribution in [0.2, 0.25) is 0 Å². The molecule has 3 N–H and O–H groups in total. The summed E-state index contributed by atoms with van der Waals surface area (Å²) in [6.07, 6.45) is 1.90. The predicted molar refractivity (Wildman–Crippen MR) is 51.7 cm³/mol. The fourth-order valence-electron chi connectivity index (χ4n) is 0.933. The number of rotatable bonds is 6. The van der Waals surface area contributed by atoms with E-state index >= 15 is 0 Å². The molecule has 0 aromatic carbocycles. The number of amides is 1. The van der Waals surface area contributed by atoms with Crippen molar-refractivity contribution in [1.29, 1.82) is 0 Å². The Morgan fingerprint density at radius 2 is 2.00 bits per heavy atom. The molecule has 1 fully saturated rings. The van der Waals surface area contributed by atoms with Crippen molar-refractivity contribution in [1.82, 2.24) is 14.8 Å². The minimum absolute atomic E-state index is 0.0219. The van der Waals surface area contributed by atoms with E-state index in [4.69, 9.17) is 0 Å². The topological polar surface area (TPSA) is 87.3 Å². The Hall–Kier alpha value is -0.660. The van der Waals surface area contributed by atoms with Crippen LogP contribution in [0.25, 0.3) is 0 Å². The maximum Gasteiger partial charge on any atom is 0.276 e. The van der Waals surface area contributed by atoms with Crippen LogP contribution in [0.4, 0.5) is 0 Å². The molecule has 0 unspecified atom stereocenters. The molecule has 82 valence electrons. The van der Waals surface area contributed by atoms with Gasteiger partial charge in [0.05, 0.1) is 0 Å². The summed E-state index contributed by atoms with van der Waals surface area (Å²) < 4.78 is 26.1. The molecule has 7 heteroatoms. The third-order valence-electron chi connectivity index (χ3n) is 1.93. The first-order valence-electron chi connectivity index (χ1n) is 4.51. The molecular formula is C7H15N3O3S. The van der Waals surface area contributed by atoms with Gasteiger partial charge in [-0.05, 0) is 12.8 Å². The Balaban J connectivity index is 2.07. The van der Waals surface area contributed by atoms with Crippen LogP contribution in [0.1, 0.15) is 12.8 Å². The minimum Gasteiger partial charge on any atom is -0.355 e. The minimum atomic E-state index is -3.37. The maximum atomic E-state index is 11.1. The molecule has 0 aromatic rings. The zero-order chi connectivity index (χ0) is 10.6. The average molecular weight is 221 g/mol. The summed E-state index contributed by atoms with van der Waals surface area (Å²) in [6.45, 7) is 0.540. The van der Waals surface area contributed by atoms with Gasteiger partial charge < -0.3 is 5.32 Å². The van der Waals surface area contributed by atoms with Crippen molar-refractivity contribution in [2.24, 2.45) is 5.92 Å². The molecule has 0 atom stereocenters. The monoisotopic (exact) mass is 221 g/mol. The second-order valence-electron chi connectivity index (χ2n) is 3.17. The normalized spacial score (nSPS) is 16.6. The lowest BCUT2D eigenvalue weighted by atomic mass is 10.4. The highest BCUT2D eigenvalue weighted by Gasteiger charge is 2.28. The molecule has 1 saturated carbocycles. The molecule has 1 aliphatic carbocycles. The van der Waals surface area contributed by atoms with Crippen LogP contribution in [-0.4, -0.2) is 34.5 Å². The van der Waals surface area contributed by atoms with Gasteiger partial charge in [-0.25, -0.2) is 9.44 Å². The van der Waals surface area contributed by atoms with Gasteiger partial charge in [0.1, 0.15) is 0 Å². The molecule has 1 rings (SSSR count). The van der Waals surface area contributed by atoms with Crippen LogP contribution in [0, 0.1) is 5.92 Å². The number of carbonyl (C=O) groups is 1. The van der Waals surface area contributed by atoms with Crippen LogP contribution >= 0.6 is 0 Å². The Kier molecular flexibility index (Phi) is 3.85. The molecule has 1 amide bonds. The molecule has 0 spiro atoms. The van der Waals surface area contributed by atoms with E-state index in [-0.39, 0.29) is 18.4 Å². The van der Waals surface area contributed by atoms with E-state index in [2.05, 4.69) is 14.8 Å². The number of hydrogen-bond donors (Lipinski definition) is 3. The van der Waals surface area contributed by atoms with E-state index in [0.717, 1.165) is 12.8 Å². The number of hydrogen-bond acceptors (Lipinski definition) is 3. The van der Waals surface area contributed by atoms with Crippen LogP contribution in [0.5, 0.6) is 0 Å². The Bertz CT molecular complexity index is 297. The van der Waals surface area contributed by atoms with Crippen molar-refractivity contribution in [3.8, 4) is 0 Å². The fourth-order valence-corrected chi connectivity index (χ4v) is 1.45. The van der Waals surface area contributed by atoms with Crippen LogP contribution in [0.3, 0.4) is 0 Å². The molecule has 0 saturated heterocycles. The second kappa shape index (κ2) is 4.72. The molecule has 14 heavy (non-hydrogen) atoms. The van der Waals surface area contributed by atoms with Crippen LogP contribution in [-0.2, 0) is 15.0 Å². The van der Waals surface area contributed by atoms with E-state index in [0.29, 0.717) is 6.54 Å². The van der Waals surface area contributed by atoms with Crippen molar-refractivity contribution in [3.05, 3.63) is 0 Å². The summed E-state index contributed by atoms with van der Waals surface area (Å²) in [5.41, 5.74) is 0. The molecule has 0 radical (unpaired) electrons. The third-order valence-corrected chi connectivity index (χ3v) is 3.05. The van der Waals surface area contributed by atoms with Gasteiger partial charge in [-0.3, -0.25) is 4.79 Å². The molecule has 0 aliphatic heterocycles. The van der Waals surface area contributed by atoms with E-state index in [9.17, 15) is 13.2 Å². The Morgan fingerprint density at radius 1 is 1.36 bits per heavy atom. The van der Waals surface area contributed by atoms with Gasteiger partial charge >= 0.3 is 0 Å². The van der Waals surface area contributed by atoms with Crippen LogP contribution < -0.4 is 14.8 Å². The highest BCUT2D eigenvalue weighted by molar-refractivity contribution is 7.87. The van der Waals surface area contributed by atoms with Gasteiger partial charge in [-0.2, -0.15) is 8.42 Å². The Labute approximate surface area is 83.6 Å². The zero-order valence-electron chi connectivity index (χ0n) is 8.04. The molecule has 0 bridgehead atoms. The van der Waals surface area contributed by atoms with Crippen LogP contribution in [0.15, 0.2) is 0 Å². The lowest BCUT2D eigenvalue weighted by Gasteiger charge is -2.05. The van der Waals surface area contributed by atoms with Crippen molar-refractivity contribution in [2.75, 3.05) is 20.1 Å². The molecule has 0 aromatic heterocycles. The van der Waals surface area contributed by atoms with Gasteiger partial charge in [-0.15, -0.1) is 0 Å². The lowest BCUT2D eigenvalue weighted by molar-refractivity contribution is -0.122. The summed E-state index contributed by atoms with van der Waals surface area (Å²) >= 11 is 0. The quantitative estimate of drug-likeness (QED) is 0.480. The first-order valence-corrected chi connectivity index (χ1v) is 5.99. The number of carbonyl (C=O) groups excluding carboxylic acids is 1. The van der Waals surface area contributed by atoms with Gasteiger partial charge in [0.15, 0.2) is 0 Å². The molecule has 1 aliphatic rings. The Morgan fingerprint density at radius 3 is 2.50 bits per heavy atom. The summed E-state index contributed by atoms with van der Waals surface area (Å²) in [6, 6.07) is 0. The first kappa shape index (κ1) is 11.4. The van der Waals surface area contributed by atoms with E-state index in [1.807, 2.05) is 0 Å². The summed E-state index contributed by atoms with van der Waals surface area (Å²) in [4.78, 5) is 11.1. The summed E-state index contributed by atoms with van der Waals surface area (Å²) in [7, 11) is -2.05. The van der Waals surface area contributed by atoms with Crippen molar-refractivity contribution >= 4 is 16.1 Å². The van der Waals surface area contributed by atoms with Crippen molar-refractivity contribution < 1.29 is 13.2 Å². The zero-order valence-corrected chi connectivity index (χ0v) is 8.86. The van der Waals surface area contributed by atoms with E-state index in [1.54, 1.807) is 0 Å². The first-order chi connectivity index (χ1) is 6.55. The summed E-state index contributed by atoms with van der Waals surface area (Å²) in [5.74, 6) is 0.185. The van der Waals surface area contributed by atoms with E-state index < -0.39 is 10.2 Å². The third kappa shape index (κ3) is 4.03. The van der Waals surface area contributed by atoms with E-state index in [1.165, 1.54) is 7.05 Å². The molecule has 6 nitrogen and oxygen atoms in total. The van der Waals surface area contributed by atoms with Crippen molar-refractivity contribution in [2.45, 2.75) is 12.8 Å². The highest BCUT2D eigenvalue weighted by atomic mass is 32.2. The SMILES string of the molecule is CNS(=O)(=O)NCCNC(=O)C1CC1. The lowest BCUT2D eigenvalue weighted by Crippen LogP contribution is -2.39. The second-order valence-corrected chi connectivity index (χ2v) is 4.87. The largest absolute Gasteiger partial charge is 0.355 e. The summed E-state index contributed by atoms with van der Waals surface area (Å²) in [5, 5.41) is 2.65. The molecular weight excluding hydrogens is 206 g/mol. The smallest absolute Gasteiger partial charge is 0.276 e. The average Bonchev–Trinajstić information content (AvgIpc) is 2.95. The highest BCUT2D eigenvalue weighted by Crippen LogP contribution is 2.28. The standard InChI is InChI=1S/C7H15N3O3S/c1-8-14(12,13)10-5-4-9-7(11)6-2-3-6/h6,8,10H,2-5H2,1H3,(H,9,11). The van der Waals surface area contributed by atoms with Gasteiger partial charge in [-0.1, -0.05) is 0 Å². The fraction of sp³-hybridized carbons (Fsp3) is 0.857. The van der Waals surface area contributed by atoms with Gasteiger partial charge in [0, 0.05) is 26.1 Å². The molecule has 0 heterocycles.